The summed E-state index contributed by atoms with van der Waals surface area (Å²) in [5.74, 6) is 0.509. The molecule has 0 fully saturated rings. The van der Waals surface area contributed by atoms with Crippen LogP contribution in [-0.2, 0) is 16.0 Å². The van der Waals surface area contributed by atoms with Crippen LogP contribution in [0.1, 0.15) is 54.4 Å². The maximum Gasteiger partial charge on any atom is 0.365 e. The molecule has 3 aromatic carbocycles. The van der Waals surface area contributed by atoms with Gasteiger partial charge in [0.1, 0.15) is 11.5 Å². The van der Waals surface area contributed by atoms with E-state index in [-0.39, 0.29) is 12.0 Å². The monoisotopic (exact) mass is 573 g/mol. The lowest BCUT2D eigenvalue weighted by Gasteiger charge is -2.32. The molecule has 0 aromatic heterocycles. The molecule has 0 radical (unpaired) electrons. The van der Waals surface area contributed by atoms with Crippen LogP contribution >= 0.6 is 0 Å². The molecule has 0 amide bonds. The molecule has 9 nitrogen and oxygen atoms in total. The van der Waals surface area contributed by atoms with Gasteiger partial charge in [0.2, 0.25) is 0 Å². The quantitative estimate of drug-likeness (QED) is 0.0317. The number of rotatable bonds is 17. The number of ether oxygens (including phenoxy) is 3. The minimum atomic E-state index is -0.495. The van der Waals surface area contributed by atoms with E-state index in [1.807, 2.05) is 39.3 Å². The molecule has 0 spiro atoms. The van der Waals surface area contributed by atoms with Crippen LogP contribution in [0.2, 0.25) is 0 Å². The molecule has 0 aliphatic rings. The standard InChI is InChI=1S/C33H41N4O5/c1-37(2,3)31(25-26-13-9-8-10-14-26)33(39)41-24-12-7-5-4-6-11-23-40-29-19-21-30(22-20-29)42-32(38)27-15-17-28(18-16-27)35-36-34/h8-10,13-22,31H,4-7,11-12,23-25H2,1-3H3/q+1. The van der Waals surface area contributed by atoms with Gasteiger partial charge in [-0.05, 0) is 60.3 Å². The lowest BCUT2D eigenvalue weighted by atomic mass is 10.0. The van der Waals surface area contributed by atoms with Gasteiger partial charge in [0, 0.05) is 17.0 Å². The van der Waals surface area contributed by atoms with E-state index < -0.39 is 5.97 Å². The van der Waals surface area contributed by atoms with Crippen molar-refractivity contribution in [3.8, 4) is 11.5 Å². The van der Waals surface area contributed by atoms with Crippen molar-refractivity contribution in [3.05, 3.63) is 100 Å². The first-order valence-corrected chi connectivity index (χ1v) is 14.4. The Morgan fingerprint density at radius 2 is 1.38 bits per heavy atom. The Morgan fingerprint density at radius 1 is 0.786 bits per heavy atom. The van der Waals surface area contributed by atoms with E-state index in [0.29, 0.717) is 41.1 Å². The normalized spacial score (nSPS) is 11.7. The molecule has 3 aromatic rings. The first-order valence-electron chi connectivity index (χ1n) is 14.4. The van der Waals surface area contributed by atoms with E-state index in [1.54, 1.807) is 48.5 Å². The SMILES string of the molecule is C[N+](C)(C)C(Cc1ccccc1)C(=O)OCCCCCCCCOc1ccc(OC(=O)c2ccc(N=[N+]=[N-])cc2)cc1. The molecule has 0 bridgehead atoms. The number of carbonyl (C=O) groups excluding carboxylic acids is 2. The van der Waals surface area contributed by atoms with Gasteiger partial charge >= 0.3 is 11.9 Å². The van der Waals surface area contributed by atoms with Crippen LogP contribution in [0.5, 0.6) is 11.5 Å². The number of esters is 2. The Morgan fingerprint density at radius 3 is 2.00 bits per heavy atom. The van der Waals surface area contributed by atoms with Crippen molar-refractivity contribution >= 4 is 17.6 Å². The van der Waals surface area contributed by atoms with E-state index in [9.17, 15) is 9.59 Å². The molecule has 0 N–H and O–H groups in total. The number of carbonyl (C=O) groups is 2. The summed E-state index contributed by atoms with van der Waals surface area (Å²) >= 11 is 0. The number of likely N-dealkylation sites (N-methyl/N-ethyl adjacent to an activating group) is 1. The third kappa shape index (κ3) is 11.3. The molecular formula is C33H41N4O5+. The van der Waals surface area contributed by atoms with Gasteiger partial charge in [-0.2, -0.15) is 0 Å². The zero-order chi connectivity index (χ0) is 30.2. The molecule has 0 saturated heterocycles. The summed E-state index contributed by atoms with van der Waals surface area (Å²) in [4.78, 5) is 27.8. The lowest BCUT2D eigenvalue weighted by molar-refractivity contribution is -0.887. The van der Waals surface area contributed by atoms with Crippen molar-refractivity contribution in [2.24, 2.45) is 5.11 Å². The molecule has 42 heavy (non-hydrogen) atoms. The van der Waals surface area contributed by atoms with Gasteiger partial charge in [0.05, 0.1) is 39.9 Å². The highest BCUT2D eigenvalue weighted by molar-refractivity contribution is 5.91. The highest BCUT2D eigenvalue weighted by Crippen LogP contribution is 2.20. The molecular weight excluding hydrogens is 532 g/mol. The molecule has 1 atom stereocenters. The fourth-order valence-electron chi connectivity index (χ4n) is 4.37. The summed E-state index contributed by atoms with van der Waals surface area (Å²) in [6, 6.07) is 23.0. The van der Waals surface area contributed by atoms with Crippen molar-refractivity contribution in [1.82, 2.24) is 0 Å². The number of hydrogen-bond acceptors (Lipinski definition) is 6. The predicted molar refractivity (Wildman–Crippen MR) is 163 cm³/mol. The fraction of sp³-hybridized carbons (Fsp3) is 0.394. The van der Waals surface area contributed by atoms with Crippen LogP contribution in [0.15, 0.2) is 84.0 Å². The van der Waals surface area contributed by atoms with E-state index >= 15 is 0 Å². The van der Waals surface area contributed by atoms with Crippen LogP contribution in [0.3, 0.4) is 0 Å². The van der Waals surface area contributed by atoms with Gasteiger partial charge in [-0.3, -0.25) is 0 Å². The number of azide groups is 1. The summed E-state index contributed by atoms with van der Waals surface area (Å²) in [6.07, 6.45) is 6.77. The van der Waals surface area contributed by atoms with E-state index in [0.717, 1.165) is 49.8 Å². The van der Waals surface area contributed by atoms with Gasteiger partial charge in [-0.15, -0.1) is 0 Å². The maximum absolute atomic E-state index is 12.8. The molecule has 0 saturated carbocycles. The Balaban J connectivity index is 1.24. The first-order chi connectivity index (χ1) is 20.3. The Kier molecular flexibility index (Phi) is 12.9. The summed E-state index contributed by atoms with van der Waals surface area (Å²) in [5, 5.41) is 3.48. The second-order valence-electron chi connectivity index (χ2n) is 11.1. The highest BCUT2D eigenvalue weighted by Gasteiger charge is 2.33. The molecule has 9 heteroatoms. The Bertz CT molecular complexity index is 1300. The lowest BCUT2D eigenvalue weighted by Crippen LogP contribution is -2.51. The van der Waals surface area contributed by atoms with Crippen LogP contribution < -0.4 is 9.47 Å². The largest absolute Gasteiger partial charge is 0.494 e. The van der Waals surface area contributed by atoms with Crippen LogP contribution in [-0.4, -0.2) is 56.8 Å². The third-order valence-electron chi connectivity index (χ3n) is 6.83. The topological polar surface area (TPSA) is 111 Å². The average molecular weight is 574 g/mol. The zero-order valence-corrected chi connectivity index (χ0v) is 24.8. The first kappa shape index (κ1) is 32.2. The number of nitrogens with zero attached hydrogens (tertiary/aromatic N) is 4. The van der Waals surface area contributed by atoms with Crippen LogP contribution in [0.4, 0.5) is 5.69 Å². The van der Waals surface area contributed by atoms with Crippen molar-refractivity contribution in [2.75, 3.05) is 34.4 Å². The molecule has 1 unspecified atom stereocenters. The van der Waals surface area contributed by atoms with Crippen molar-refractivity contribution in [1.29, 1.82) is 0 Å². The number of benzene rings is 3. The van der Waals surface area contributed by atoms with Crippen molar-refractivity contribution in [3.63, 3.8) is 0 Å². The zero-order valence-electron chi connectivity index (χ0n) is 24.8. The Labute approximate surface area is 248 Å². The number of hydrogen-bond donors (Lipinski definition) is 0. The highest BCUT2D eigenvalue weighted by atomic mass is 16.5. The van der Waals surface area contributed by atoms with Gasteiger partial charge < -0.3 is 18.7 Å². The number of unbranched alkanes of at least 4 members (excludes halogenated alkanes) is 5. The van der Waals surface area contributed by atoms with Gasteiger partial charge in [0.25, 0.3) is 0 Å². The molecule has 0 aliphatic carbocycles. The fourth-order valence-corrected chi connectivity index (χ4v) is 4.37. The minimum Gasteiger partial charge on any atom is -0.494 e. The van der Waals surface area contributed by atoms with E-state index in [1.165, 1.54) is 0 Å². The maximum atomic E-state index is 12.8. The van der Waals surface area contributed by atoms with Crippen LogP contribution in [0, 0.1) is 0 Å². The summed E-state index contributed by atoms with van der Waals surface area (Å²) < 4.78 is 17.4. The average Bonchev–Trinajstić information content (AvgIpc) is 2.98. The van der Waals surface area contributed by atoms with E-state index in [4.69, 9.17) is 19.7 Å². The smallest absolute Gasteiger partial charge is 0.365 e. The van der Waals surface area contributed by atoms with Crippen molar-refractivity contribution in [2.45, 2.75) is 51.0 Å². The second-order valence-corrected chi connectivity index (χ2v) is 11.1. The molecule has 222 valence electrons. The number of quaternary nitrogens is 1. The van der Waals surface area contributed by atoms with Crippen molar-refractivity contribution < 1.29 is 28.3 Å². The second kappa shape index (κ2) is 16.8. The minimum absolute atomic E-state index is 0.132. The summed E-state index contributed by atoms with van der Waals surface area (Å²) in [5.41, 5.74) is 10.4. The third-order valence-corrected chi connectivity index (χ3v) is 6.83. The van der Waals surface area contributed by atoms with Gasteiger partial charge in [-0.25, -0.2) is 9.59 Å². The molecule has 0 heterocycles. The molecule has 0 aliphatic heterocycles. The van der Waals surface area contributed by atoms with E-state index in [2.05, 4.69) is 22.2 Å². The Hall–Kier alpha value is -4.33. The molecule has 3 rings (SSSR count). The van der Waals surface area contributed by atoms with Gasteiger partial charge in [0.15, 0.2) is 6.04 Å². The van der Waals surface area contributed by atoms with Crippen LogP contribution in [0.25, 0.3) is 10.4 Å². The van der Waals surface area contributed by atoms with Gasteiger partial charge in [-0.1, -0.05) is 73.3 Å². The predicted octanol–water partition coefficient (Wildman–Crippen LogP) is 7.43. The summed E-state index contributed by atoms with van der Waals surface area (Å²) in [6.45, 7) is 1.07. The summed E-state index contributed by atoms with van der Waals surface area (Å²) in [7, 11) is 6.09.